The van der Waals surface area contributed by atoms with Crippen LogP contribution in [0.4, 0.5) is 4.39 Å². The van der Waals surface area contributed by atoms with E-state index in [0.29, 0.717) is 37.7 Å². The molecule has 3 saturated heterocycles. The fourth-order valence-electron chi connectivity index (χ4n) is 4.16. The topological polar surface area (TPSA) is 49.9 Å². The summed E-state index contributed by atoms with van der Waals surface area (Å²) in [7, 11) is 0. The van der Waals surface area contributed by atoms with Crippen molar-refractivity contribution < 1.29 is 18.7 Å². The lowest BCUT2D eigenvalue weighted by Gasteiger charge is -2.33. The predicted molar refractivity (Wildman–Crippen MR) is 84.9 cm³/mol. The van der Waals surface area contributed by atoms with Crippen LogP contribution in [0, 0.1) is 11.7 Å². The minimum Gasteiger partial charge on any atom is -0.368 e. The molecule has 5 nitrogen and oxygen atoms in total. The number of hydrogen-bond donors (Lipinski definition) is 0. The second kappa shape index (κ2) is 6.16. The normalized spacial score (nSPS) is 29.1. The Kier molecular flexibility index (Phi) is 4.00. The van der Waals surface area contributed by atoms with Gasteiger partial charge in [0.15, 0.2) is 0 Å². The van der Waals surface area contributed by atoms with E-state index in [4.69, 9.17) is 4.74 Å². The van der Waals surface area contributed by atoms with Crippen LogP contribution in [0.5, 0.6) is 0 Å². The summed E-state index contributed by atoms with van der Waals surface area (Å²) in [5.74, 6) is -0.196. The maximum atomic E-state index is 13.4. The van der Waals surface area contributed by atoms with Gasteiger partial charge in [-0.05, 0) is 43.4 Å². The van der Waals surface area contributed by atoms with Crippen molar-refractivity contribution in [2.24, 2.45) is 5.92 Å². The Hall–Kier alpha value is -1.95. The van der Waals surface area contributed by atoms with E-state index >= 15 is 0 Å². The van der Waals surface area contributed by atoms with Crippen LogP contribution in [-0.2, 0) is 9.53 Å². The summed E-state index contributed by atoms with van der Waals surface area (Å²) in [6.07, 6.45) is 2.35. The number of rotatable bonds is 2. The Morgan fingerprint density at radius 1 is 1.21 bits per heavy atom. The van der Waals surface area contributed by atoms with Crippen molar-refractivity contribution in [3.8, 4) is 0 Å². The lowest BCUT2D eigenvalue weighted by Crippen LogP contribution is -2.48. The minimum absolute atomic E-state index is 0.0537. The van der Waals surface area contributed by atoms with Gasteiger partial charge in [-0.15, -0.1) is 0 Å². The Balaban J connectivity index is 1.46. The number of benzene rings is 1. The largest absolute Gasteiger partial charge is 0.368 e. The van der Waals surface area contributed by atoms with Crippen molar-refractivity contribution in [1.29, 1.82) is 0 Å². The predicted octanol–water partition coefficient (Wildman–Crippen LogP) is 1.68. The highest BCUT2D eigenvalue weighted by atomic mass is 19.1. The van der Waals surface area contributed by atoms with Gasteiger partial charge in [-0.3, -0.25) is 9.59 Å². The maximum absolute atomic E-state index is 13.4. The molecule has 3 aliphatic heterocycles. The molecule has 3 atom stereocenters. The summed E-state index contributed by atoms with van der Waals surface area (Å²) < 4.78 is 18.9. The number of amides is 2. The first-order valence-electron chi connectivity index (χ1n) is 8.59. The van der Waals surface area contributed by atoms with Crippen LogP contribution in [-0.4, -0.2) is 60.0 Å². The molecule has 0 radical (unpaired) electrons. The van der Waals surface area contributed by atoms with Crippen molar-refractivity contribution >= 4 is 11.8 Å². The van der Waals surface area contributed by atoms with Gasteiger partial charge in [0, 0.05) is 37.8 Å². The summed E-state index contributed by atoms with van der Waals surface area (Å²) in [5, 5.41) is 0. The molecule has 0 N–H and O–H groups in total. The van der Waals surface area contributed by atoms with Gasteiger partial charge in [0.05, 0.1) is 0 Å². The van der Waals surface area contributed by atoms with Gasteiger partial charge < -0.3 is 14.5 Å². The molecule has 0 saturated carbocycles. The number of carbonyl (C=O) groups excluding carboxylic acids is 2. The van der Waals surface area contributed by atoms with E-state index in [9.17, 15) is 14.0 Å². The number of fused-ring (bicyclic) bond motifs is 2. The zero-order valence-corrected chi connectivity index (χ0v) is 13.5. The van der Waals surface area contributed by atoms with Crippen molar-refractivity contribution in [3.63, 3.8) is 0 Å². The van der Waals surface area contributed by atoms with Crippen LogP contribution < -0.4 is 0 Å². The molecule has 24 heavy (non-hydrogen) atoms. The average Bonchev–Trinajstić information content (AvgIpc) is 3.21. The van der Waals surface area contributed by atoms with E-state index in [0.717, 1.165) is 19.3 Å². The minimum atomic E-state index is -0.406. The zero-order valence-electron chi connectivity index (χ0n) is 13.5. The number of likely N-dealkylation sites (tertiary alicyclic amines) is 2. The van der Waals surface area contributed by atoms with Crippen LogP contribution >= 0.6 is 0 Å². The first kappa shape index (κ1) is 15.6. The zero-order chi connectivity index (χ0) is 16.7. The third-order valence-corrected chi connectivity index (χ3v) is 5.26. The molecule has 0 aromatic heterocycles. The van der Waals surface area contributed by atoms with Crippen molar-refractivity contribution in [2.45, 2.75) is 31.4 Å². The van der Waals surface area contributed by atoms with E-state index < -0.39 is 5.82 Å². The number of nitrogens with zero attached hydrogens (tertiary/aromatic N) is 2. The highest BCUT2D eigenvalue weighted by molar-refractivity contribution is 5.94. The van der Waals surface area contributed by atoms with E-state index in [1.165, 1.54) is 12.1 Å². The smallest absolute Gasteiger partial charge is 0.254 e. The lowest BCUT2D eigenvalue weighted by molar-refractivity contribution is -0.141. The molecule has 2 unspecified atom stereocenters. The Morgan fingerprint density at radius 3 is 2.83 bits per heavy atom. The van der Waals surface area contributed by atoms with Crippen LogP contribution in [0.2, 0.25) is 0 Å². The van der Waals surface area contributed by atoms with Crippen LogP contribution in [0.25, 0.3) is 0 Å². The molecule has 3 heterocycles. The van der Waals surface area contributed by atoms with Gasteiger partial charge in [0.25, 0.3) is 11.8 Å². The first-order valence-corrected chi connectivity index (χ1v) is 8.59. The van der Waals surface area contributed by atoms with Crippen molar-refractivity contribution in [2.75, 3.05) is 26.2 Å². The number of hydrogen-bond acceptors (Lipinski definition) is 3. The second-order valence-corrected chi connectivity index (χ2v) is 6.97. The van der Waals surface area contributed by atoms with Crippen LogP contribution in [0.15, 0.2) is 24.3 Å². The van der Waals surface area contributed by atoms with Gasteiger partial charge >= 0.3 is 0 Å². The molecule has 128 valence electrons. The second-order valence-electron chi connectivity index (χ2n) is 6.97. The quantitative estimate of drug-likeness (QED) is 0.828. The monoisotopic (exact) mass is 332 g/mol. The van der Waals surface area contributed by atoms with Crippen molar-refractivity contribution in [3.05, 3.63) is 35.6 Å². The molecule has 4 rings (SSSR count). The summed E-state index contributed by atoms with van der Waals surface area (Å²) in [5.41, 5.74) is 0.369. The van der Waals surface area contributed by atoms with Gasteiger partial charge in [-0.25, -0.2) is 4.39 Å². The SMILES string of the molecule is O=C(c1cccc(F)c1)N1CC2CC(C1)N(C(=O)[C@H]1CCCO1)C2. The van der Waals surface area contributed by atoms with Gasteiger partial charge in [-0.1, -0.05) is 6.07 Å². The molecule has 1 aromatic rings. The van der Waals surface area contributed by atoms with Gasteiger partial charge in [-0.2, -0.15) is 0 Å². The molecule has 1 aromatic carbocycles. The third kappa shape index (κ3) is 2.79. The van der Waals surface area contributed by atoms with Gasteiger partial charge in [0.2, 0.25) is 0 Å². The van der Waals surface area contributed by atoms with Gasteiger partial charge in [0.1, 0.15) is 11.9 Å². The molecule has 2 bridgehead atoms. The molecule has 3 aliphatic rings. The molecular formula is C18H21FN2O3. The summed E-state index contributed by atoms with van der Waals surface area (Å²) in [6.45, 7) is 2.49. The summed E-state index contributed by atoms with van der Waals surface area (Å²) >= 11 is 0. The Bertz CT molecular complexity index is 659. The Labute approximate surface area is 140 Å². The Morgan fingerprint density at radius 2 is 2.08 bits per heavy atom. The fourth-order valence-corrected chi connectivity index (χ4v) is 4.16. The van der Waals surface area contributed by atoms with E-state index in [1.807, 2.05) is 4.90 Å². The molecule has 0 aliphatic carbocycles. The van der Waals surface area contributed by atoms with Crippen LogP contribution in [0.1, 0.15) is 29.6 Å². The number of piperidine rings is 1. The average molecular weight is 332 g/mol. The third-order valence-electron chi connectivity index (χ3n) is 5.26. The summed E-state index contributed by atoms with van der Waals surface area (Å²) in [6, 6.07) is 5.84. The number of halogens is 1. The molecule has 2 amide bonds. The molecule has 3 fully saturated rings. The lowest BCUT2D eigenvalue weighted by atomic mass is 9.99. The number of ether oxygens (including phenoxy) is 1. The standard InChI is InChI=1S/C18H21FN2O3/c19-14-4-1-3-13(8-14)17(22)20-9-12-7-15(11-20)21(10-12)18(23)16-5-2-6-24-16/h1,3-4,8,12,15-16H,2,5-7,9-11H2/t12?,15?,16-/m1/s1. The molecular weight excluding hydrogens is 311 g/mol. The summed E-state index contributed by atoms with van der Waals surface area (Å²) in [4.78, 5) is 28.9. The van der Waals surface area contributed by atoms with Crippen molar-refractivity contribution in [1.82, 2.24) is 9.80 Å². The highest BCUT2D eigenvalue weighted by Gasteiger charge is 2.44. The van der Waals surface area contributed by atoms with E-state index in [1.54, 1.807) is 17.0 Å². The van der Waals surface area contributed by atoms with Crippen LogP contribution in [0.3, 0.4) is 0 Å². The number of carbonyl (C=O) groups is 2. The maximum Gasteiger partial charge on any atom is 0.254 e. The van der Waals surface area contributed by atoms with E-state index in [2.05, 4.69) is 0 Å². The molecule has 6 heteroatoms. The highest BCUT2D eigenvalue weighted by Crippen LogP contribution is 2.32. The first-order chi connectivity index (χ1) is 11.6. The fraction of sp³-hybridized carbons (Fsp3) is 0.556. The van der Waals surface area contributed by atoms with E-state index in [-0.39, 0.29) is 24.0 Å². The molecule has 0 spiro atoms.